The van der Waals surface area contributed by atoms with Crippen molar-refractivity contribution >= 4 is 17.8 Å². The van der Waals surface area contributed by atoms with E-state index in [1.54, 1.807) is 36.8 Å². The summed E-state index contributed by atoms with van der Waals surface area (Å²) in [6, 6.07) is 5.19. The van der Waals surface area contributed by atoms with Gasteiger partial charge in [0.05, 0.1) is 0 Å². The predicted octanol–water partition coefficient (Wildman–Crippen LogP) is 1.10. The highest BCUT2D eigenvalue weighted by Gasteiger charge is 2.05. The van der Waals surface area contributed by atoms with Gasteiger partial charge in [-0.2, -0.15) is 0 Å². The number of hydrogen-bond donors (Lipinski definition) is 2. The van der Waals surface area contributed by atoms with Crippen molar-refractivity contribution in [1.82, 2.24) is 0 Å². The Morgan fingerprint density at radius 3 is 3.07 bits per heavy atom. The van der Waals surface area contributed by atoms with E-state index in [0.29, 0.717) is 5.56 Å². The third-order valence-corrected chi connectivity index (χ3v) is 1.95. The van der Waals surface area contributed by atoms with Crippen LogP contribution in [0.25, 0.3) is 0 Å². The molecule has 0 aromatic heterocycles. The summed E-state index contributed by atoms with van der Waals surface area (Å²) in [4.78, 5) is 14.9. The average Bonchev–Trinajstić information content (AvgIpc) is 2.41. The molecule has 0 fully saturated rings. The quantitative estimate of drug-likeness (QED) is 0.691. The van der Waals surface area contributed by atoms with Crippen LogP contribution in [0.4, 0.5) is 5.69 Å². The normalized spacial score (nSPS) is 12.9. The van der Waals surface area contributed by atoms with Gasteiger partial charge in [0.25, 0.3) is 0 Å². The lowest BCUT2D eigenvalue weighted by molar-refractivity contribution is 0.100. The highest BCUT2D eigenvalue weighted by atomic mass is 16.1. The van der Waals surface area contributed by atoms with Crippen molar-refractivity contribution < 1.29 is 4.79 Å². The standard InChI is InChI=1S/C10H9N3O/c11-10(14)7-1-2-9-8(5-7)6-12-3-4-13-9/h1-6,13H,(H2,11,14). The largest absolute Gasteiger partial charge is 0.366 e. The number of anilines is 1. The first-order chi connectivity index (χ1) is 6.77. The minimum Gasteiger partial charge on any atom is -0.366 e. The summed E-state index contributed by atoms with van der Waals surface area (Å²) >= 11 is 0. The number of nitrogens with zero attached hydrogens (tertiary/aromatic N) is 1. The van der Waals surface area contributed by atoms with Crippen molar-refractivity contribution in [3.8, 4) is 0 Å². The lowest BCUT2D eigenvalue weighted by Gasteiger charge is -2.04. The number of amides is 1. The van der Waals surface area contributed by atoms with E-state index in [4.69, 9.17) is 5.73 Å². The Morgan fingerprint density at radius 2 is 2.29 bits per heavy atom. The number of aliphatic imine (C=N–C) groups is 1. The van der Waals surface area contributed by atoms with E-state index in [1.807, 2.05) is 0 Å². The van der Waals surface area contributed by atoms with Crippen molar-refractivity contribution in [2.45, 2.75) is 0 Å². The number of nitrogens with one attached hydrogen (secondary N) is 1. The molecule has 0 atom stereocenters. The zero-order valence-electron chi connectivity index (χ0n) is 7.40. The first-order valence-electron chi connectivity index (χ1n) is 4.16. The van der Waals surface area contributed by atoms with Crippen molar-refractivity contribution in [2.75, 3.05) is 5.32 Å². The van der Waals surface area contributed by atoms with E-state index in [1.165, 1.54) is 0 Å². The molecule has 0 radical (unpaired) electrons. The van der Waals surface area contributed by atoms with Gasteiger partial charge in [-0.3, -0.25) is 9.79 Å². The molecule has 4 nitrogen and oxygen atoms in total. The molecular formula is C10H9N3O. The van der Waals surface area contributed by atoms with Crippen LogP contribution in [0, 0.1) is 0 Å². The molecule has 0 saturated heterocycles. The number of benzene rings is 1. The van der Waals surface area contributed by atoms with E-state index in [0.717, 1.165) is 11.3 Å². The molecule has 0 aliphatic carbocycles. The van der Waals surface area contributed by atoms with Crippen molar-refractivity contribution in [3.63, 3.8) is 0 Å². The minimum absolute atomic E-state index is 0.432. The first-order valence-corrected chi connectivity index (χ1v) is 4.16. The average molecular weight is 187 g/mol. The van der Waals surface area contributed by atoms with Crippen LogP contribution in [-0.2, 0) is 0 Å². The Hall–Kier alpha value is -2.10. The second kappa shape index (κ2) is 3.33. The van der Waals surface area contributed by atoms with Gasteiger partial charge in [-0.25, -0.2) is 0 Å². The van der Waals surface area contributed by atoms with Gasteiger partial charge in [-0.05, 0) is 18.2 Å². The number of primary amides is 1. The second-order valence-corrected chi connectivity index (χ2v) is 2.90. The third-order valence-electron chi connectivity index (χ3n) is 1.95. The molecule has 14 heavy (non-hydrogen) atoms. The van der Waals surface area contributed by atoms with Crippen LogP contribution in [0.5, 0.6) is 0 Å². The minimum atomic E-state index is -0.432. The molecule has 0 saturated carbocycles. The summed E-state index contributed by atoms with van der Waals surface area (Å²) in [5.41, 5.74) is 7.41. The number of hydrogen-bond acceptors (Lipinski definition) is 3. The van der Waals surface area contributed by atoms with Crippen molar-refractivity contribution in [2.24, 2.45) is 10.7 Å². The molecule has 1 aliphatic rings. The Balaban J connectivity index is 2.49. The van der Waals surface area contributed by atoms with E-state index in [9.17, 15) is 4.79 Å². The predicted molar refractivity (Wildman–Crippen MR) is 55.3 cm³/mol. The summed E-state index contributed by atoms with van der Waals surface area (Å²) in [6.45, 7) is 0. The molecular weight excluding hydrogens is 178 g/mol. The lowest BCUT2D eigenvalue weighted by Crippen LogP contribution is -2.11. The van der Waals surface area contributed by atoms with Gasteiger partial charge in [0.15, 0.2) is 0 Å². The molecule has 3 N–H and O–H groups in total. The molecule has 70 valence electrons. The summed E-state index contributed by atoms with van der Waals surface area (Å²) in [5, 5.41) is 3.03. The number of carbonyl (C=O) groups excluding carboxylic acids is 1. The van der Waals surface area contributed by atoms with Crippen LogP contribution in [-0.4, -0.2) is 12.1 Å². The van der Waals surface area contributed by atoms with Crippen LogP contribution >= 0.6 is 0 Å². The second-order valence-electron chi connectivity index (χ2n) is 2.90. The lowest BCUT2D eigenvalue weighted by atomic mass is 10.1. The van der Waals surface area contributed by atoms with E-state index < -0.39 is 5.91 Å². The molecule has 2 rings (SSSR count). The fraction of sp³-hybridized carbons (Fsp3) is 0. The number of nitrogens with two attached hydrogens (primary N) is 1. The van der Waals surface area contributed by atoms with Crippen molar-refractivity contribution in [3.05, 3.63) is 41.7 Å². The van der Waals surface area contributed by atoms with Gasteiger partial charge in [0.1, 0.15) is 0 Å². The van der Waals surface area contributed by atoms with Gasteiger partial charge in [-0.1, -0.05) is 0 Å². The fourth-order valence-electron chi connectivity index (χ4n) is 1.25. The van der Waals surface area contributed by atoms with Crippen LogP contribution in [0.3, 0.4) is 0 Å². The highest BCUT2D eigenvalue weighted by Crippen LogP contribution is 2.17. The van der Waals surface area contributed by atoms with Crippen LogP contribution in [0.1, 0.15) is 15.9 Å². The highest BCUT2D eigenvalue weighted by molar-refractivity contribution is 5.97. The first kappa shape index (κ1) is 8.50. The topological polar surface area (TPSA) is 67.5 Å². The molecule has 1 aromatic carbocycles. The summed E-state index contributed by atoms with van der Waals surface area (Å²) in [5.74, 6) is -0.432. The van der Waals surface area contributed by atoms with E-state index >= 15 is 0 Å². The van der Waals surface area contributed by atoms with Gasteiger partial charge in [0.2, 0.25) is 5.91 Å². The van der Waals surface area contributed by atoms with Crippen LogP contribution in [0.2, 0.25) is 0 Å². The zero-order chi connectivity index (χ0) is 9.97. The van der Waals surface area contributed by atoms with Gasteiger partial charge < -0.3 is 11.1 Å². The Kier molecular flexibility index (Phi) is 2.02. The van der Waals surface area contributed by atoms with E-state index in [-0.39, 0.29) is 0 Å². The molecule has 1 amide bonds. The monoisotopic (exact) mass is 187 g/mol. The maximum absolute atomic E-state index is 10.9. The Labute approximate surface area is 81.1 Å². The van der Waals surface area contributed by atoms with Gasteiger partial charge in [-0.15, -0.1) is 0 Å². The van der Waals surface area contributed by atoms with Gasteiger partial charge in [0, 0.05) is 35.4 Å². The number of carbonyl (C=O) groups is 1. The molecule has 4 heteroatoms. The molecule has 1 aliphatic heterocycles. The summed E-state index contributed by atoms with van der Waals surface area (Å²) < 4.78 is 0. The summed E-state index contributed by atoms with van der Waals surface area (Å²) in [6.07, 6.45) is 5.05. The molecule has 1 heterocycles. The van der Waals surface area contributed by atoms with Crippen molar-refractivity contribution in [1.29, 1.82) is 0 Å². The van der Waals surface area contributed by atoms with Crippen LogP contribution in [0.15, 0.2) is 35.6 Å². The number of fused-ring (bicyclic) bond motifs is 1. The molecule has 0 spiro atoms. The molecule has 0 unspecified atom stereocenters. The SMILES string of the molecule is NC(=O)c1ccc2c(c1)C=NC=CN2. The Morgan fingerprint density at radius 1 is 1.43 bits per heavy atom. The van der Waals surface area contributed by atoms with E-state index in [2.05, 4.69) is 10.3 Å². The molecule has 1 aromatic rings. The zero-order valence-corrected chi connectivity index (χ0v) is 7.40. The summed E-state index contributed by atoms with van der Waals surface area (Å²) in [7, 11) is 0. The third kappa shape index (κ3) is 1.50. The maximum Gasteiger partial charge on any atom is 0.248 e. The Bertz CT molecular complexity index is 435. The number of rotatable bonds is 1. The fourth-order valence-corrected chi connectivity index (χ4v) is 1.25. The molecule has 0 bridgehead atoms. The maximum atomic E-state index is 10.9. The smallest absolute Gasteiger partial charge is 0.248 e. The van der Waals surface area contributed by atoms with Gasteiger partial charge >= 0.3 is 0 Å². The van der Waals surface area contributed by atoms with Crippen LogP contribution < -0.4 is 11.1 Å².